The van der Waals surface area contributed by atoms with Gasteiger partial charge in [-0.15, -0.1) is 0 Å². The summed E-state index contributed by atoms with van der Waals surface area (Å²) in [4.78, 5) is 29.5. The summed E-state index contributed by atoms with van der Waals surface area (Å²) >= 11 is 1.45. The van der Waals surface area contributed by atoms with Crippen molar-refractivity contribution in [3.8, 4) is 11.3 Å². The summed E-state index contributed by atoms with van der Waals surface area (Å²) in [6.07, 6.45) is 0. The summed E-state index contributed by atoms with van der Waals surface area (Å²) in [6.45, 7) is 6.21. The lowest BCUT2D eigenvalue weighted by atomic mass is 9.88. The van der Waals surface area contributed by atoms with Crippen LogP contribution in [0.15, 0.2) is 59.4 Å². The summed E-state index contributed by atoms with van der Waals surface area (Å²) < 4.78 is 8.28. The fourth-order valence-electron chi connectivity index (χ4n) is 3.70. The number of carbonyl (C=O) groups excluding carboxylic acids is 1. The standard InChI is InChI=1S/C23H22N2O3S/c1-4-28-22(27)21(14(2)3)16-10-11-17-19(12-16)29-23-24-20(26)13-18(25(17)23)15-8-6-5-7-9-15/h5-14,21H,4H2,1-3H3. The molecule has 0 aliphatic carbocycles. The molecule has 0 radical (unpaired) electrons. The Hall–Kier alpha value is -2.99. The molecule has 6 heteroatoms. The summed E-state index contributed by atoms with van der Waals surface area (Å²) in [7, 11) is 0. The molecule has 2 aromatic carbocycles. The number of carbonyl (C=O) groups is 1. The topological polar surface area (TPSA) is 60.7 Å². The maximum atomic E-state index is 12.5. The monoisotopic (exact) mass is 406 g/mol. The molecule has 0 amide bonds. The lowest BCUT2D eigenvalue weighted by molar-refractivity contribution is -0.146. The molecule has 1 unspecified atom stereocenters. The molecule has 0 fully saturated rings. The van der Waals surface area contributed by atoms with E-state index in [1.165, 1.54) is 11.3 Å². The van der Waals surface area contributed by atoms with E-state index in [1.54, 1.807) is 6.07 Å². The minimum Gasteiger partial charge on any atom is -0.466 e. The molecule has 1 atom stereocenters. The molecule has 0 aliphatic heterocycles. The Morgan fingerprint density at radius 3 is 2.59 bits per heavy atom. The van der Waals surface area contributed by atoms with E-state index in [2.05, 4.69) is 4.98 Å². The molecule has 0 saturated heterocycles. The molecule has 4 rings (SSSR count). The van der Waals surface area contributed by atoms with Crippen molar-refractivity contribution in [2.45, 2.75) is 26.7 Å². The number of ether oxygens (including phenoxy) is 1. The summed E-state index contributed by atoms with van der Waals surface area (Å²) in [5.74, 6) is -0.425. The first kappa shape index (κ1) is 19.3. The number of benzene rings is 2. The summed E-state index contributed by atoms with van der Waals surface area (Å²) in [6, 6.07) is 17.4. The van der Waals surface area contributed by atoms with Crippen molar-refractivity contribution in [3.05, 3.63) is 70.5 Å². The second kappa shape index (κ2) is 7.79. The normalized spacial score (nSPS) is 12.6. The van der Waals surface area contributed by atoms with Crippen molar-refractivity contribution in [2.24, 2.45) is 5.92 Å². The molecular formula is C23H22N2O3S. The predicted octanol–water partition coefficient (Wildman–Crippen LogP) is 4.88. The van der Waals surface area contributed by atoms with Crippen molar-refractivity contribution < 1.29 is 9.53 Å². The van der Waals surface area contributed by atoms with Gasteiger partial charge in [0.2, 0.25) is 0 Å². The zero-order chi connectivity index (χ0) is 20.5. The van der Waals surface area contributed by atoms with Crippen LogP contribution in [-0.2, 0) is 9.53 Å². The highest BCUT2D eigenvalue weighted by atomic mass is 32.1. The molecule has 2 aromatic heterocycles. The van der Waals surface area contributed by atoms with Crippen LogP contribution in [0.4, 0.5) is 0 Å². The molecule has 148 valence electrons. The van der Waals surface area contributed by atoms with Crippen LogP contribution in [0, 0.1) is 5.92 Å². The van der Waals surface area contributed by atoms with Crippen molar-refractivity contribution in [1.29, 1.82) is 0 Å². The van der Waals surface area contributed by atoms with Crippen LogP contribution in [0.25, 0.3) is 26.4 Å². The van der Waals surface area contributed by atoms with Gasteiger partial charge in [-0.2, -0.15) is 4.98 Å². The number of thiazole rings is 1. The summed E-state index contributed by atoms with van der Waals surface area (Å²) in [5, 5.41) is 0. The zero-order valence-corrected chi connectivity index (χ0v) is 17.4. The molecule has 0 N–H and O–H groups in total. The Morgan fingerprint density at radius 2 is 1.90 bits per heavy atom. The maximum absolute atomic E-state index is 12.5. The number of nitrogens with zero attached hydrogens (tertiary/aromatic N) is 2. The third kappa shape index (κ3) is 3.56. The lowest BCUT2D eigenvalue weighted by Crippen LogP contribution is -2.20. The fraction of sp³-hybridized carbons (Fsp3) is 0.261. The SMILES string of the molecule is CCOC(=O)C(c1ccc2c(c1)sc1nc(=O)cc(-c3ccccc3)n12)C(C)C. The quantitative estimate of drug-likeness (QED) is 0.443. The number of esters is 1. The minimum absolute atomic E-state index is 0.111. The van der Waals surface area contributed by atoms with Crippen LogP contribution in [0.1, 0.15) is 32.3 Å². The van der Waals surface area contributed by atoms with Gasteiger partial charge in [-0.05, 0) is 36.1 Å². The highest BCUT2D eigenvalue weighted by Crippen LogP contribution is 2.34. The molecule has 0 bridgehead atoms. The van der Waals surface area contributed by atoms with Gasteiger partial charge in [-0.3, -0.25) is 14.0 Å². The zero-order valence-electron chi connectivity index (χ0n) is 16.6. The second-order valence-corrected chi connectivity index (χ2v) is 8.28. The molecular weight excluding hydrogens is 384 g/mol. The number of hydrogen-bond donors (Lipinski definition) is 0. The van der Waals surface area contributed by atoms with Crippen molar-refractivity contribution in [2.75, 3.05) is 6.61 Å². The van der Waals surface area contributed by atoms with Crippen LogP contribution in [0.2, 0.25) is 0 Å². The molecule has 0 saturated carbocycles. The van der Waals surface area contributed by atoms with Crippen LogP contribution in [0.5, 0.6) is 0 Å². The first-order valence-corrected chi connectivity index (χ1v) is 10.5. The van der Waals surface area contributed by atoms with Gasteiger partial charge in [0.05, 0.1) is 28.4 Å². The highest BCUT2D eigenvalue weighted by molar-refractivity contribution is 7.23. The largest absolute Gasteiger partial charge is 0.466 e. The van der Waals surface area contributed by atoms with Gasteiger partial charge in [0.25, 0.3) is 5.56 Å². The molecule has 0 spiro atoms. The number of aromatic nitrogens is 2. The molecule has 0 aliphatic rings. The Morgan fingerprint density at radius 1 is 1.14 bits per heavy atom. The van der Waals surface area contributed by atoms with Crippen LogP contribution in [-0.4, -0.2) is 22.0 Å². The Kier molecular flexibility index (Phi) is 5.20. The average Bonchev–Trinajstić information content (AvgIpc) is 3.05. The smallest absolute Gasteiger partial charge is 0.313 e. The van der Waals surface area contributed by atoms with Gasteiger partial charge in [-0.25, -0.2) is 0 Å². The predicted molar refractivity (Wildman–Crippen MR) is 116 cm³/mol. The van der Waals surface area contributed by atoms with Crippen molar-refractivity contribution >= 4 is 32.5 Å². The third-order valence-corrected chi connectivity index (χ3v) is 5.96. The van der Waals surface area contributed by atoms with E-state index in [4.69, 9.17) is 4.74 Å². The fourth-order valence-corrected chi connectivity index (χ4v) is 4.78. The number of fused-ring (bicyclic) bond motifs is 3. The first-order valence-electron chi connectivity index (χ1n) is 9.68. The molecule has 2 heterocycles. The number of rotatable bonds is 5. The van der Waals surface area contributed by atoms with Gasteiger partial charge in [-0.1, -0.05) is 61.6 Å². The average molecular weight is 407 g/mol. The van der Waals surface area contributed by atoms with E-state index < -0.39 is 0 Å². The number of hydrogen-bond acceptors (Lipinski definition) is 5. The lowest BCUT2D eigenvalue weighted by Gasteiger charge is -2.19. The van der Waals surface area contributed by atoms with Gasteiger partial charge in [0, 0.05) is 6.07 Å². The highest BCUT2D eigenvalue weighted by Gasteiger charge is 2.26. The van der Waals surface area contributed by atoms with Crippen LogP contribution in [0.3, 0.4) is 0 Å². The van der Waals surface area contributed by atoms with Gasteiger partial charge < -0.3 is 4.74 Å². The third-order valence-electron chi connectivity index (χ3n) is 4.96. The second-order valence-electron chi connectivity index (χ2n) is 7.27. The van der Waals surface area contributed by atoms with E-state index in [-0.39, 0.29) is 23.4 Å². The minimum atomic E-state index is -0.328. The van der Waals surface area contributed by atoms with Gasteiger partial charge in [0.15, 0.2) is 4.96 Å². The maximum Gasteiger partial charge on any atom is 0.313 e. The Labute approximate surface area is 172 Å². The Balaban J connectivity index is 1.93. The van der Waals surface area contributed by atoms with E-state index >= 15 is 0 Å². The Bertz CT molecular complexity index is 1240. The van der Waals surface area contributed by atoms with E-state index in [0.29, 0.717) is 11.6 Å². The van der Waals surface area contributed by atoms with Crippen molar-refractivity contribution in [3.63, 3.8) is 0 Å². The van der Waals surface area contributed by atoms with E-state index in [9.17, 15) is 9.59 Å². The first-order chi connectivity index (χ1) is 14.0. The molecule has 29 heavy (non-hydrogen) atoms. The van der Waals surface area contributed by atoms with E-state index in [0.717, 1.165) is 27.0 Å². The van der Waals surface area contributed by atoms with Gasteiger partial charge >= 0.3 is 5.97 Å². The molecule has 4 aromatic rings. The van der Waals surface area contributed by atoms with E-state index in [1.807, 2.05) is 73.7 Å². The van der Waals surface area contributed by atoms with Crippen LogP contribution < -0.4 is 5.56 Å². The van der Waals surface area contributed by atoms with Crippen molar-refractivity contribution in [1.82, 2.24) is 9.38 Å². The van der Waals surface area contributed by atoms with Crippen LogP contribution >= 0.6 is 11.3 Å². The van der Waals surface area contributed by atoms with Gasteiger partial charge in [0.1, 0.15) is 0 Å². The molecule has 5 nitrogen and oxygen atoms in total. The summed E-state index contributed by atoms with van der Waals surface area (Å²) in [5.41, 5.74) is 3.39.